The van der Waals surface area contributed by atoms with Crippen LogP contribution in [0.1, 0.15) is 46.5 Å². The summed E-state index contributed by atoms with van der Waals surface area (Å²) in [6.45, 7) is 6.51. The van der Waals surface area contributed by atoms with Crippen molar-refractivity contribution in [3.8, 4) is 0 Å². The molecule has 4 rings (SSSR count). The highest BCUT2D eigenvalue weighted by Gasteiger charge is 2.96. The van der Waals surface area contributed by atoms with Crippen LogP contribution in [0.15, 0.2) is 0 Å². The van der Waals surface area contributed by atoms with Gasteiger partial charge in [0.2, 0.25) is 5.60 Å². The van der Waals surface area contributed by atoms with Gasteiger partial charge in [0, 0.05) is 10.8 Å². The van der Waals surface area contributed by atoms with E-state index in [1.54, 1.807) is 0 Å². The average molecular weight is 280 g/mol. The van der Waals surface area contributed by atoms with Crippen LogP contribution in [0, 0.1) is 22.7 Å². The van der Waals surface area contributed by atoms with Gasteiger partial charge in [0.15, 0.2) is 0 Å². The van der Waals surface area contributed by atoms with Gasteiger partial charge in [-0.25, -0.2) is 4.79 Å². The topological polar surface area (TPSA) is 59.1 Å². The van der Waals surface area contributed by atoms with Crippen molar-refractivity contribution in [1.29, 1.82) is 0 Å². The van der Waals surface area contributed by atoms with Gasteiger partial charge in [-0.2, -0.15) is 0 Å². The Labute approximate surface area is 119 Å². The number of hydrogen-bond acceptors (Lipinski definition) is 4. The lowest BCUT2D eigenvalue weighted by molar-refractivity contribution is -0.159. The molecule has 4 nitrogen and oxygen atoms in total. The van der Waals surface area contributed by atoms with Crippen LogP contribution in [0.5, 0.6) is 0 Å². The molecule has 1 spiro atoms. The van der Waals surface area contributed by atoms with Gasteiger partial charge in [0.05, 0.1) is 7.11 Å². The second-order valence-electron chi connectivity index (χ2n) is 7.82. The molecular formula is C16H24O4. The summed E-state index contributed by atoms with van der Waals surface area (Å²) < 4.78 is 11.0. The van der Waals surface area contributed by atoms with Crippen LogP contribution in [0.2, 0.25) is 0 Å². The number of aliphatic hydroxyl groups excluding tert-OH is 1. The third-order valence-corrected chi connectivity index (χ3v) is 7.67. The summed E-state index contributed by atoms with van der Waals surface area (Å²) in [4.78, 5) is 12.3. The molecule has 112 valence electrons. The van der Waals surface area contributed by atoms with E-state index in [1.165, 1.54) is 13.5 Å². The predicted molar refractivity (Wildman–Crippen MR) is 71.9 cm³/mol. The van der Waals surface area contributed by atoms with E-state index >= 15 is 0 Å². The van der Waals surface area contributed by atoms with Crippen LogP contribution in [-0.2, 0) is 14.3 Å². The van der Waals surface area contributed by atoms with E-state index in [9.17, 15) is 9.90 Å². The van der Waals surface area contributed by atoms with Gasteiger partial charge in [-0.1, -0.05) is 13.8 Å². The lowest BCUT2D eigenvalue weighted by atomic mass is 9.61. The van der Waals surface area contributed by atoms with Gasteiger partial charge in [0.1, 0.15) is 11.7 Å². The zero-order valence-corrected chi connectivity index (χ0v) is 12.7. The summed E-state index contributed by atoms with van der Waals surface area (Å²) in [5.74, 6) is 0.815. The molecule has 0 aromatic heterocycles. The Morgan fingerprint density at radius 3 is 2.65 bits per heavy atom. The summed E-state index contributed by atoms with van der Waals surface area (Å²) in [5, 5.41) is 11.0. The molecule has 20 heavy (non-hydrogen) atoms. The van der Waals surface area contributed by atoms with Crippen molar-refractivity contribution in [2.45, 2.75) is 63.8 Å². The van der Waals surface area contributed by atoms with Gasteiger partial charge in [-0.15, -0.1) is 0 Å². The molecule has 0 aromatic rings. The molecule has 4 aliphatic rings. The molecule has 1 saturated heterocycles. The molecule has 7 unspecified atom stereocenters. The van der Waals surface area contributed by atoms with Crippen LogP contribution in [-0.4, -0.2) is 35.5 Å². The van der Waals surface area contributed by atoms with Crippen molar-refractivity contribution in [3.63, 3.8) is 0 Å². The lowest BCUT2D eigenvalue weighted by Crippen LogP contribution is -2.48. The van der Waals surface area contributed by atoms with Crippen LogP contribution in [0.4, 0.5) is 0 Å². The molecular weight excluding hydrogens is 256 g/mol. The van der Waals surface area contributed by atoms with E-state index in [0.717, 1.165) is 19.3 Å². The molecule has 3 saturated carbocycles. The van der Waals surface area contributed by atoms with E-state index < -0.39 is 23.3 Å². The predicted octanol–water partition coefficient (Wildman–Crippen LogP) is 1.89. The molecule has 1 aliphatic heterocycles. The first-order chi connectivity index (χ1) is 9.32. The average Bonchev–Trinajstić information content (AvgIpc) is 2.71. The molecule has 7 atom stereocenters. The molecule has 0 aromatic carbocycles. The highest BCUT2D eigenvalue weighted by Crippen LogP contribution is 2.84. The van der Waals surface area contributed by atoms with Crippen molar-refractivity contribution in [2.75, 3.05) is 7.11 Å². The van der Waals surface area contributed by atoms with Crippen LogP contribution in [0.25, 0.3) is 0 Å². The highest BCUT2D eigenvalue weighted by molar-refractivity contribution is 5.88. The fourth-order valence-electron chi connectivity index (χ4n) is 6.75. The Bertz CT molecular complexity index is 505. The molecule has 0 radical (unpaired) electrons. The molecule has 0 amide bonds. The Kier molecular flexibility index (Phi) is 2.12. The monoisotopic (exact) mass is 280 g/mol. The van der Waals surface area contributed by atoms with Crippen molar-refractivity contribution < 1.29 is 19.4 Å². The molecule has 0 bridgehead atoms. The number of epoxide rings is 1. The van der Waals surface area contributed by atoms with Crippen molar-refractivity contribution in [2.24, 2.45) is 22.7 Å². The van der Waals surface area contributed by atoms with Crippen LogP contribution < -0.4 is 0 Å². The first kappa shape index (κ1) is 13.1. The minimum atomic E-state index is -1.11. The number of carbonyl (C=O) groups is 1. The summed E-state index contributed by atoms with van der Waals surface area (Å²) in [6, 6.07) is 0. The normalized spacial score (nSPS) is 62.8. The minimum absolute atomic E-state index is 0.0625. The first-order valence-corrected chi connectivity index (χ1v) is 7.78. The third-order valence-electron chi connectivity index (χ3n) is 7.67. The number of fused-ring (bicyclic) bond motifs is 1. The van der Waals surface area contributed by atoms with E-state index in [0.29, 0.717) is 11.8 Å². The molecule has 1 heterocycles. The molecule has 4 fully saturated rings. The number of rotatable bonds is 1. The Hall–Kier alpha value is -0.610. The summed E-state index contributed by atoms with van der Waals surface area (Å²) in [5.41, 5.74) is -1.94. The largest absolute Gasteiger partial charge is 0.467 e. The summed E-state index contributed by atoms with van der Waals surface area (Å²) in [6.07, 6.45) is 3.61. The molecule has 4 heteroatoms. The first-order valence-electron chi connectivity index (χ1n) is 7.78. The maximum absolute atomic E-state index is 12.3. The van der Waals surface area contributed by atoms with Gasteiger partial charge in [0.25, 0.3) is 0 Å². The second-order valence-corrected chi connectivity index (χ2v) is 7.82. The van der Waals surface area contributed by atoms with Gasteiger partial charge in [-0.05, 0) is 44.4 Å². The lowest BCUT2D eigenvalue weighted by Gasteiger charge is -2.45. The number of carbonyl (C=O) groups excluding carboxylic acids is 1. The van der Waals surface area contributed by atoms with Crippen molar-refractivity contribution >= 4 is 5.97 Å². The number of aliphatic hydroxyl groups is 1. The number of esters is 1. The smallest absolute Gasteiger partial charge is 0.344 e. The quantitative estimate of drug-likeness (QED) is 0.588. The number of ether oxygens (including phenoxy) is 2. The van der Waals surface area contributed by atoms with Crippen molar-refractivity contribution in [1.82, 2.24) is 0 Å². The maximum atomic E-state index is 12.3. The van der Waals surface area contributed by atoms with Crippen molar-refractivity contribution in [3.05, 3.63) is 0 Å². The summed E-state index contributed by atoms with van der Waals surface area (Å²) >= 11 is 0. The highest BCUT2D eigenvalue weighted by atomic mass is 16.7. The zero-order chi connectivity index (χ0) is 14.6. The van der Waals surface area contributed by atoms with Crippen LogP contribution >= 0.6 is 0 Å². The standard InChI is InChI=1S/C16H24O4/c1-9-5-8-15-10(9)6-7-13(15,2)11(17)16(12(18)19-4)14(15,3)20-16/h9-11,17H,5-8H2,1-4H3. The van der Waals surface area contributed by atoms with Gasteiger partial charge in [-0.3, -0.25) is 0 Å². The number of hydrogen-bond donors (Lipinski definition) is 1. The zero-order valence-electron chi connectivity index (χ0n) is 12.7. The van der Waals surface area contributed by atoms with E-state index in [4.69, 9.17) is 9.47 Å². The minimum Gasteiger partial charge on any atom is -0.467 e. The van der Waals surface area contributed by atoms with E-state index in [1.807, 2.05) is 6.92 Å². The molecule has 1 N–H and O–H groups in total. The Balaban J connectivity index is 1.91. The van der Waals surface area contributed by atoms with E-state index in [-0.39, 0.29) is 10.8 Å². The van der Waals surface area contributed by atoms with E-state index in [2.05, 4.69) is 13.8 Å². The Morgan fingerprint density at radius 2 is 2.00 bits per heavy atom. The fraction of sp³-hybridized carbons (Fsp3) is 0.938. The summed E-state index contributed by atoms with van der Waals surface area (Å²) in [7, 11) is 1.38. The second kappa shape index (κ2) is 3.25. The molecule has 3 aliphatic carbocycles. The SMILES string of the molecule is COC(=O)C12OC1(C)C13CCC(C)C1CCC3(C)C2O. The Morgan fingerprint density at radius 1 is 1.30 bits per heavy atom. The van der Waals surface area contributed by atoms with Crippen LogP contribution in [0.3, 0.4) is 0 Å². The maximum Gasteiger partial charge on any atom is 0.344 e. The third kappa shape index (κ3) is 0.891. The number of methoxy groups -OCH3 is 1. The van der Waals surface area contributed by atoms with Gasteiger partial charge >= 0.3 is 5.97 Å². The van der Waals surface area contributed by atoms with Gasteiger partial charge < -0.3 is 14.6 Å². The fourth-order valence-corrected chi connectivity index (χ4v) is 6.75.